The lowest BCUT2D eigenvalue weighted by atomic mass is 9.94. The third-order valence-electron chi connectivity index (χ3n) is 5.03. The first-order chi connectivity index (χ1) is 11.6. The number of nitrogens with one attached hydrogen (secondary N) is 2. The third kappa shape index (κ3) is 3.51. The van der Waals surface area contributed by atoms with E-state index in [4.69, 9.17) is 0 Å². The van der Waals surface area contributed by atoms with Gasteiger partial charge < -0.3 is 15.5 Å². The molecule has 1 aromatic carbocycles. The maximum absolute atomic E-state index is 12.5. The molecule has 7 heteroatoms. The molecule has 7 nitrogen and oxygen atoms in total. The van der Waals surface area contributed by atoms with Crippen LogP contribution in [-0.2, 0) is 0 Å². The quantitative estimate of drug-likeness (QED) is 0.650. The maximum Gasteiger partial charge on any atom is 0.293 e. The summed E-state index contributed by atoms with van der Waals surface area (Å²) in [5.41, 5.74) is 0.975. The molecule has 1 amide bonds. The molecule has 24 heavy (non-hydrogen) atoms. The molecule has 2 N–H and O–H groups in total. The first kappa shape index (κ1) is 16.7. The zero-order valence-corrected chi connectivity index (χ0v) is 14.0. The van der Waals surface area contributed by atoms with Crippen LogP contribution in [0.15, 0.2) is 18.2 Å². The van der Waals surface area contributed by atoms with Crippen molar-refractivity contribution in [1.82, 2.24) is 10.6 Å². The first-order valence-corrected chi connectivity index (χ1v) is 8.61. The summed E-state index contributed by atoms with van der Waals surface area (Å²) in [7, 11) is 0. The summed E-state index contributed by atoms with van der Waals surface area (Å²) in [6.07, 6.45) is 3.11. The largest absolute Gasteiger partial charge is 0.366 e. The number of amides is 1. The van der Waals surface area contributed by atoms with Gasteiger partial charge in [0.15, 0.2) is 0 Å². The summed E-state index contributed by atoms with van der Waals surface area (Å²) in [5.74, 6) is 0.153. The summed E-state index contributed by atoms with van der Waals surface area (Å²) in [4.78, 5) is 25.6. The summed E-state index contributed by atoms with van der Waals surface area (Å²) < 4.78 is 0. The first-order valence-electron chi connectivity index (χ1n) is 8.61. The Morgan fingerprint density at radius 2 is 2.12 bits per heavy atom. The van der Waals surface area contributed by atoms with Gasteiger partial charge in [-0.2, -0.15) is 0 Å². The molecule has 2 unspecified atom stereocenters. The molecule has 2 heterocycles. The minimum absolute atomic E-state index is 0.0133. The predicted octanol–water partition coefficient (Wildman–Crippen LogP) is 1.92. The Bertz CT molecular complexity index is 628. The number of rotatable bonds is 4. The van der Waals surface area contributed by atoms with Crippen LogP contribution in [0.3, 0.4) is 0 Å². The van der Waals surface area contributed by atoms with Crippen LogP contribution in [0.25, 0.3) is 0 Å². The van der Waals surface area contributed by atoms with Gasteiger partial charge in [0, 0.05) is 37.3 Å². The normalized spacial score (nSPS) is 24.0. The lowest BCUT2D eigenvalue weighted by Gasteiger charge is -2.30. The number of piperidine rings is 1. The average Bonchev–Trinajstić information content (AvgIpc) is 3.10. The molecule has 0 spiro atoms. The van der Waals surface area contributed by atoms with E-state index in [0.29, 0.717) is 17.2 Å². The Morgan fingerprint density at radius 1 is 1.38 bits per heavy atom. The second kappa shape index (κ2) is 7.17. The van der Waals surface area contributed by atoms with Crippen LogP contribution in [-0.4, -0.2) is 43.1 Å². The highest BCUT2D eigenvalue weighted by Gasteiger charge is 2.26. The van der Waals surface area contributed by atoms with E-state index in [1.807, 2.05) is 4.90 Å². The van der Waals surface area contributed by atoms with E-state index in [0.717, 1.165) is 45.4 Å². The fraction of sp³-hybridized carbons (Fsp3) is 0.588. The second-order valence-electron chi connectivity index (χ2n) is 6.70. The summed E-state index contributed by atoms with van der Waals surface area (Å²) in [6.45, 7) is 5.48. The monoisotopic (exact) mass is 332 g/mol. The van der Waals surface area contributed by atoms with Crippen molar-refractivity contribution in [2.75, 3.05) is 31.1 Å². The van der Waals surface area contributed by atoms with Crippen molar-refractivity contribution in [3.8, 4) is 0 Å². The number of anilines is 1. The smallest absolute Gasteiger partial charge is 0.293 e. The summed E-state index contributed by atoms with van der Waals surface area (Å²) in [6, 6.07) is 4.87. The van der Waals surface area contributed by atoms with Gasteiger partial charge in [-0.25, -0.2) is 0 Å². The zero-order valence-electron chi connectivity index (χ0n) is 14.0. The number of nitro benzene ring substituents is 1. The Hall–Kier alpha value is -2.15. The summed E-state index contributed by atoms with van der Waals surface area (Å²) in [5, 5.41) is 17.7. The van der Waals surface area contributed by atoms with Crippen molar-refractivity contribution in [2.45, 2.75) is 32.2 Å². The van der Waals surface area contributed by atoms with Gasteiger partial charge in [-0.15, -0.1) is 0 Å². The Labute approximate surface area is 141 Å². The van der Waals surface area contributed by atoms with Gasteiger partial charge in [0.25, 0.3) is 11.6 Å². The van der Waals surface area contributed by atoms with Crippen LogP contribution >= 0.6 is 0 Å². The van der Waals surface area contributed by atoms with Crippen LogP contribution in [0, 0.1) is 16.0 Å². The van der Waals surface area contributed by atoms with Gasteiger partial charge in [0.05, 0.1) is 4.92 Å². The van der Waals surface area contributed by atoms with Crippen molar-refractivity contribution in [3.63, 3.8) is 0 Å². The van der Waals surface area contributed by atoms with E-state index in [1.165, 1.54) is 6.07 Å². The SMILES string of the molecule is CC1CCNCC1NC(=O)c1ccc(N2CCCC2)c([N+](=O)[O-])c1. The topological polar surface area (TPSA) is 87.5 Å². The number of carbonyl (C=O) groups is 1. The minimum Gasteiger partial charge on any atom is -0.366 e. The number of hydrogen-bond acceptors (Lipinski definition) is 5. The number of nitro groups is 1. The molecule has 1 aromatic rings. The molecule has 0 aromatic heterocycles. The molecule has 2 aliphatic heterocycles. The fourth-order valence-corrected chi connectivity index (χ4v) is 3.47. The maximum atomic E-state index is 12.5. The molecule has 2 atom stereocenters. The lowest BCUT2D eigenvalue weighted by molar-refractivity contribution is -0.384. The van der Waals surface area contributed by atoms with Crippen molar-refractivity contribution in [2.24, 2.45) is 5.92 Å². The molecule has 130 valence electrons. The van der Waals surface area contributed by atoms with E-state index in [9.17, 15) is 14.9 Å². The number of hydrogen-bond donors (Lipinski definition) is 2. The molecule has 0 bridgehead atoms. The molecule has 2 aliphatic rings. The molecule has 3 rings (SSSR count). The Balaban J connectivity index is 1.78. The molecular formula is C17H24N4O3. The van der Waals surface area contributed by atoms with Crippen molar-refractivity contribution in [3.05, 3.63) is 33.9 Å². The van der Waals surface area contributed by atoms with Crippen LogP contribution in [0.2, 0.25) is 0 Å². The van der Waals surface area contributed by atoms with E-state index in [1.54, 1.807) is 12.1 Å². The number of benzene rings is 1. The van der Waals surface area contributed by atoms with E-state index < -0.39 is 4.92 Å². The third-order valence-corrected chi connectivity index (χ3v) is 5.03. The Morgan fingerprint density at radius 3 is 2.79 bits per heavy atom. The van der Waals surface area contributed by atoms with Crippen LogP contribution < -0.4 is 15.5 Å². The molecule has 2 fully saturated rings. The van der Waals surface area contributed by atoms with E-state index in [2.05, 4.69) is 17.6 Å². The number of nitrogens with zero attached hydrogens (tertiary/aromatic N) is 2. The minimum atomic E-state index is -0.394. The van der Waals surface area contributed by atoms with Crippen molar-refractivity contribution < 1.29 is 9.72 Å². The predicted molar refractivity (Wildman–Crippen MR) is 92.4 cm³/mol. The standard InChI is InChI=1S/C17H24N4O3/c1-12-6-7-18-11-14(12)19-17(22)13-4-5-15(16(10-13)21(23)24)20-8-2-3-9-20/h4-5,10,12,14,18H,2-3,6-9,11H2,1H3,(H,19,22). The average molecular weight is 332 g/mol. The van der Waals surface area contributed by atoms with Gasteiger partial charge in [-0.3, -0.25) is 14.9 Å². The number of carbonyl (C=O) groups excluding carboxylic acids is 1. The van der Waals surface area contributed by atoms with Crippen LogP contribution in [0.1, 0.15) is 36.5 Å². The Kier molecular flexibility index (Phi) is 4.99. The van der Waals surface area contributed by atoms with Crippen LogP contribution in [0.5, 0.6) is 0 Å². The van der Waals surface area contributed by atoms with E-state index in [-0.39, 0.29) is 17.6 Å². The molecule has 2 saturated heterocycles. The van der Waals surface area contributed by atoms with Gasteiger partial charge in [-0.05, 0) is 43.9 Å². The van der Waals surface area contributed by atoms with Gasteiger partial charge in [-0.1, -0.05) is 6.92 Å². The highest BCUT2D eigenvalue weighted by molar-refractivity contribution is 5.96. The van der Waals surface area contributed by atoms with Gasteiger partial charge in [0.1, 0.15) is 5.69 Å². The highest BCUT2D eigenvalue weighted by Crippen LogP contribution is 2.31. The highest BCUT2D eigenvalue weighted by atomic mass is 16.6. The second-order valence-corrected chi connectivity index (χ2v) is 6.70. The zero-order chi connectivity index (χ0) is 17.1. The summed E-state index contributed by atoms with van der Waals surface area (Å²) >= 11 is 0. The van der Waals surface area contributed by atoms with Crippen molar-refractivity contribution >= 4 is 17.3 Å². The molecule has 0 saturated carbocycles. The van der Waals surface area contributed by atoms with Gasteiger partial charge in [0.2, 0.25) is 0 Å². The van der Waals surface area contributed by atoms with Crippen LogP contribution in [0.4, 0.5) is 11.4 Å². The fourth-order valence-electron chi connectivity index (χ4n) is 3.47. The van der Waals surface area contributed by atoms with Gasteiger partial charge >= 0.3 is 0 Å². The molecule has 0 aliphatic carbocycles. The lowest BCUT2D eigenvalue weighted by Crippen LogP contribution is -2.50. The van der Waals surface area contributed by atoms with E-state index >= 15 is 0 Å². The molecule has 0 radical (unpaired) electrons. The molecular weight excluding hydrogens is 308 g/mol. The van der Waals surface area contributed by atoms with Crippen molar-refractivity contribution in [1.29, 1.82) is 0 Å².